The van der Waals surface area contributed by atoms with E-state index in [-0.39, 0.29) is 0 Å². The molecule has 2 unspecified atom stereocenters. The van der Waals surface area contributed by atoms with Crippen LogP contribution in [-0.2, 0) is 0 Å². The van der Waals surface area contributed by atoms with Gasteiger partial charge < -0.3 is 5.73 Å². The highest BCUT2D eigenvalue weighted by molar-refractivity contribution is 4.74. The summed E-state index contributed by atoms with van der Waals surface area (Å²) in [5.41, 5.74) is 5.70. The molecule has 0 heterocycles. The van der Waals surface area contributed by atoms with Crippen molar-refractivity contribution < 1.29 is 0 Å². The Morgan fingerprint density at radius 3 is 2.50 bits per heavy atom. The quantitative estimate of drug-likeness (QED) is 0.690. The Hall–Kier alpha value is -0.0400. The Morgan fingerprint density at radius 2 is 1.92 bits per heavy atom. The fraction of sp³-hybridized carbons (Fsp3) is 1.00. The Kier molecular flexibility index (Phi) is 4.07. The maximum Gasteiger partial charge on any atom is -0.00488 e. The summed E-state index contributed by atoms with van der Waals surface area (Å²) in [6, 6.07) is 0. The third-order valence-electron chi connectivity index (χ3n) is 3.03. The molecule has 0 aromatic carbocycles. The van der Waals surface area contributed by atoms with Crippen molar-refractivity contribution in [3.05, 3.63) is 0 Å². The van der Waals surface area contributed by atoms with Gasteiger partial charge in [-0.15, -0.1) is 0 Å². The largest absolute Gasteiger partial charge is 0.330 e. The molecule has 0 spiro atoms. The van der Waals surface area contributed by atoms with Crippen LogP contribution in [0.5, 0.6) is 0 Å². The molecule has 1 fully saturated rings. The van der Waals surface area contributed by atoms with Crippen LogP contribution in [0.25, 0.3) is 0 Å². The molecule has 0 amide bonds. The minimum atomic E-state index is 0.836. The summed E-state index contributed by atoms with van der Waals surface area (Å²) in [6.45, 7) is 5.56. The molecule has 0 aromatic heterocycles. The molecule has 0 aromatic rings. The van der Waals surface area contributed by atoms with Crippen molar-refractivity contribution in [3.63, 3.8) is 0 Å². The van der Waals surface area contributed by atoms with E-state index in [1.807, 2.05) is 0 Å². The van der Waals surface area contributed by atoms with Gasteiger partial charge in [-0.1, -0.05) is 26.7 Å². The van der Waals surface area contributed by atoms with E-state index in [0.717, 1.165) is 24.3 Å². The molecule has 1 aliphatic rings. The third kappa shape index (κ3) is 3.14. The number of hydrogen-bond donors (Lipinski definition) is 1. The van der Waals surface area contributed by atoms with Gasteiger partial charge in [0.05, 0.1) is 0 Å². The predicted octanol–water partition coefficient (Wildman–Crippen LogP) is 2.80. The van der Waals surface area contributed by atoms with Crippen LogP contribution < -0.4 is 5.73 Å². The molecule has 72 valence electrons. The summed E-state index contributed by atoms with van der Waals surface area (Å²) in [5, 5.41) is 0. The van der Waals surface area contributed by atoms with Crippen molar-refractivity contribution in [3.8, 4) is 0 Å². The van der Waals surface area contributed by atoms with Gasteiger partial charge in [0.25, 0.3) is 0 Å². The lowest BCUT2D eigenvalue weighted by molar-refractivity contribution is 0.240. The van der Waals surface area contributed by atoms with Crippen molar-refractivity contribution in [2.45, 2.75) is 46.0 Å². The number of rotatable bonds is 3. The standard InChI is InChI=1S/C11H23N/c1-9(2)6-10-4-3-5-11(7-10)8-12/h9-11H,3-8,12H2,1-2H3. The van der Waals surface area contributed by atoms with Crippen LogP contribution >= 0.6 is 0 Å². The summed E-state index contributed by atoms with van der Waals surface area (Å²) in [5.74, 6) is 2.68. The van der Waals surface area contributed by atoms with E-state index >= 15 is 0 Å². The van der Waals surface area contributed by atoms with E-state index in [0.29, 0.717) is 0 Å². The lowest BCUT2D eigenvalue weighted by Crippen LogP contribution is -2.23. The lowest BCUT2D eigenvalue weighted by Gasteiger charge is -2.29. The molecular formula is C11H23N. The van der Waals surface area contributed by atoms with Crippen LogP contribution in [0.15, 0.2) is 0 Å². The highest BCUT2D eigenvalue weighted by Crippen LogP contribution is 2.32. The van der Waals surface area contributed by atoms with E-state index in [9.17, 15) is 0 Å². The van der Waals surface area contributed by atoms with Crippen LogP contribution in [-0.4, -0.2) is 6.54 Å². The molecule has 1 aliphatic carbocycles. The fourth-order valence-electron chi connectivity index (χ4n) is 2.50. The molecule has 1 saturated carbocycles. The number of nitrogens with two attached hydrogens (primary N) is 1. The Bertz CT molecular complexity index is 120. The predicted molar refractivity (Wildman–Crippen MR) is 54.0 cm³/mol. The second-order valence-corrected chi connectivity index (χ2v) is 4.76. The average molecular weight is 169 g/mol. The molecule has 2 N–H and O–H groups in total. The summed E-state index contributed by atoms with van der Waals surface area (Å²) in [6.07, 6.45) is 7.06. The van der Waals surface area contributed by atoms with Gasteiger partial charge in [0, 0.05) is 0 Å². The van der Waals surface area contributed by atoms with E-state index < -0.39 is 0 Å². The van der Waals surface area contributed by atoms with Crippen molar-refractivity contribution in [1.29, 1.82) is 0 Å². The first-order valence-electron chi connectivity index (χ1n) is 5.42. The zero-order valence-electron chi connectivity index (χ0n) is 8.55. The molecule has 1 nitrogen and oxygen atoms in total. The second kappa shape index (κ2) is 4.86. The summed E-state index contributed by atoms with van der Waals surface area (Å²) in [7, 11) is 0. The average Bonchev–Trinajstić information content (AvgIpc) is 2.03. The van der Waals surface area contributed by atoms with E-state index in [1.54, 1.807) is 0 Å². The van der Waals surface area contributed by atoms with Gasteiger partial charge in [-0.2, -0.15) is 0 Å². The van der Waals surface area contributed by atoms with Gasteiger partial charge in [0.2, 0.25) is 0 Å². The minimum Gasteiger partial charge on any atom is -0.330 e. The highest BCUT2D eigenvalue weighted by Gasteiger charge is 2.21. The van der Waals surface area contributed by atoms with E-state index in [1.165, 1.54) is 32.1 Å². The van der Waals surface area contributed by atoms with Gasteiger partial charge in [-0.05, 0) is 43.6 Å². The minimum absolute atomic E-state index is 0.836. The highest BCUT2D eigenvalue weighted by atomic mass is 14.6. The zero-order chi connectivity index (χ0) is 8.97. The monoisotopic (exact) mass is 169 g/mol. The van der Waals surface area contributed by atoms with Crippen molar-refractivity contribution in [1.82, 2.24) is 0 Å². The van der Waals surface area contributed by atoms with Crippen LogP contribution in [0.4, 0.5) is 0 Å². The summed E-state index contributed by atoms with van der Waals surface area (Å²) >= 11 is 0. The summed E-state index contributed by atoms with van der Waals surface area (Å²) < 4.78 is 0. The second-order valence-electron chi connectivity index (χ2n) is 4.76. The first kappa shape index (κ1) is 10.0. The zero-order valence-corrected chi connectivity index (χ0v) is 8.55. The van der Waals surface area contributed by atoms with E-state index in [2.05, 4.69) is 13.8 Å². The van der Waals surface area contributed by atoms with Crippen molar-refractivity contribution >= 4 is 0 Å². The van der Waals surface area contributed by atoms with Gasteiger partial charge in [-0.3, -0.25) is 0 Å². The van der Waals surface area contributed by atoms with Crippen LogP contribution in [0, 0.1) is 17.8 Å². The molecule has 12 heavy (non-hydrogen) atoms. The molecule has 0 bridgehead atoms. The third-order valence-corrected chi connectivity index (χ3v) is 3.03. The molecule has 1 rings (SSSR count). The molecule has 2 atom stereocenters. The fourth-order valence-corrected chi connectivity index (χ4v) is 2.50. The SMILES string of the molecule is CC(C)CC1CCCC(CN)C1. The smallest absolute Gasteiger partial charge is 0.00488 e. The first-order valence-corrected chi connectivity index (χ1v) is 5.42. The van der Waals surface area contributed by atoms with E-state index in [4.69, 9.17) is 5.73 Å². The lowest BCUT2D eigenvalue weighted by atomic mass is 9.78. The maximum atomic E-state index is 5.70. The maximum absolute atomic E-state index is 5.70. The first-order chi connectivity index (χ1) is 5.72. The Labute approximate surface area is 76.7 Å². The van der Waals surface area contributed by atoms with Crippen molar-refractivity contribution in [2.24, 2.45) is 23.5 Å². The van der Waals surface area contributed by atoms with Gasteiger partial charge in [-0.25, -0.2) is 0 Å². The van der Waals surface area contributed by atoms with Crippen LogP contribution in [0.1, 0.15) is 46.0 Å². The molecule has 0 saturated heterocycles. The normalized spacial score (nSPS) is 31.0. The molecular weight excluding hydrogens is 146 g/mol. The number of hydrogen-bond acceptors (Lipinski definition) is 1. The molecule has 0 radical (unpaired) electrons. The Balaban J connectivity index is 2.25. The van der Waals surface area contributed by atoms with Crippen LogP contribution in [0.2, 0.25) is 0 Å². The van der Waals surface area contributed by atoms with Crippen molar-refractivity contribution in [2.75, 3.05) is 6.54 Å². The summed E-state index contributed by atoms with van der Waals surface area (Å²) in [4.78, 5) is 0. The van der Waals surface area contributed by atoms with Crippen LogP contribution in [0.3, 0.4) is 0 Å². The Morgan fingerprint density at radius 1 is 1.25 bits per heavy atom. The topological polar surface area (TPSA) is 26.0 Å². The van der Waals surface area contributed by atoms with Gasteiger partial charge >= 0.3 is 0 Å². The molecule has 1 heteroatoms. The van der Waals surface area contributed by atoms with Gasteiger partial charge in [0.15, 0.2) is 0 Å². The molecule has 0 aliphatic heterocycles. The van der Waals surface area contributed by atoms with Gasteiger partial charge in [0.1, 0.15) is 0 Å².